The predicted molar refractivity (Wildman–Crippen MR) is 90.3 cm³/mol. The Morgan fingerprint density at radius 1 is 1.38 bits per heavy atom. The first-order valence-corrected chi connectivity index (χ1v) is 9.32. The van der Waals surface area contributed by atoms with Gasteiger partial charge in [0.15, 0.2) is 0 Å². The summed E-state index contributed by atoms with van der Waals surface area (Å²) in [5, 5.41) is 1.03. The van der Waals surface area contributed by atoms with Crippen LogP contribution in [-0.4, -0.2) is 38.5 Å². The van der Waals surface area contributed by atoms with Gasteiger partial charge in [0.05, 0.1) is 19.0 Å². The van der Waals surface area contributed by atoms with E-state index in [1.165, 1.54) is 31.5 Å². The second kappa shape index (κ2) is 8.23. The third-order valence-electron chi connectivity index (χ3n) is 2.81. The second-order valence-electron chi connectivity index (χ2n) is 4.75. The summed E-state index contributed by atoms with van der Waals surface area (Å²) in [7, 11) is -3.02. The highest BCUT2D eigenvalue weighted by Crippen LogP contribution is 2.30. The molecule has 1 aliphatic rings. The summed E-state index contributed by atoms with van der Waals surface area (Å²) in [6.45, 7) is 1.63. The monoisotopic (exact) mass is 407 g/mol. The number of carbonyl (C=O) groups is 1. The molecule has 0 aromatic heterocycles. The van der Waals surface area contributed by atoms with Gasteiger partial charge in [-0.25, -0.2) is 28.8 Å². The maximum Gasteiger partial charge on any atom is 0.349 e. The number of rotatable bonds is 5. The van der Waals surface area contributed by atoms with Crippen molar-refractivity contribution >= 4 is 33.8 Å². The molecule has 0 fully saturated rings. The molecular weight excluding hydrogens is 392 g/mol. The average Bonchev–Trinajstić information content (AvgIpc) is 2.53. The number of ether oxygens (including phenoxy) is 1. The molecular formula is C13H15F2N5O4S2. The average molecular weight is 407 g/mol. The van der Waals surface area contributed by atoms with Crippen molar-refractivity contribution in [3.05, 3.63) is 36.2 Å². The number of hydrogen-bond donors (Lipinski definition) is 3. The van der Waals surface area contributed by atoms with Crippen LogP contribution in [0.5, 0.6) is 0 Å². The molecule has 13 heteroatoms. The number of alkyl halides is 2. The van der Waals surface area contributed by atoms with Gasteiger partial charge in [-0.2, -0.15) is 18.9 Å². The SMILES string of the molecule is COC1=NC(C)=CN(NC(=O)NS(=O)(=O)c2ccccc2SC(F)F)N1. The largest absolute Gasteiger partial charge is 0.467 e. The molecule has 0 unspecified atom stereocenters. The highest BCUT2D eigenvalue weighted by molar-refractivity contribution is 8.00. The fourth-order valence-electron chi connectivity index (χ4n) is 1.86. The van der Waals surface area contributed by atoms with Crippen LogP contribution in [0.25, 0.3) is 0 Å². The molecule has 0 aliphatic carbocycles. The molecule has 1 aromatic carbocycles. The lowest BCUT2D eigenvalue weighted by atomic mass is 10.4. The Morgan fingerprint density at radius 3 is 2.73 bits per heavy atom. The number of hydrazine groups is 2. The van der Waals surface area contributed by atoms with Crippen molar-refractivity contribution in [3.63, 3.8) is 0 Å². The number of amidine groups is 1. The Morgan fingerprint density at radius 2 is 2.08 bits per heavy atom. The summed E-state index contributed by atoms with van der Waals surface area (Å²) >= 11 is 0.0695. The number of nitrogens with zero attached hydrogens (tertiary/aromatic N) is 2. The number of amides is 2. The van der Waals surface area contributed by atoms with Gasteiger partial charge < -0.3 is 4.74 Å². The van der Waals surface area contributed by atoms with Crippen LogP contribution in [0.4, 0.5) is 13.6 Å². The molecule has 0 spiro atoms. The van der Waals surface area contributed by atoms with Gasteiger partial charge in [-0.3, -0.25) is 0 Å². The van der Waals surface area contributed by atoms with E-state index in [1.54, 1.807) is 11.6 Å². The molecule has 26 heavy (non-hydrogen) atoms. The number of thioether (sulfide) groups is 1. The summed E-state index contributed by atoms with van der Waals surface area (Å²) in [5.74, 6) is -2.81. The second-order valence-corrected chi connectivity index (χ2v) is 7.43. The van der Waals surface area contributed by atoms with Gasteiger partial charge in [0.1, 0.15) is 4.90 Å². The number of halogens is 2. The van der Waals surface area contributed by atoms with Crippen molar-refractivity contribution in [1.29, 1.82) is 0 Å². The fraction of sp³-hybridized carbons (Fsp3) is 0.231. The van der Waals surface area contributed by atoms with Crippen LogP contribution < -0.4 is 15.6 Å². The smallest absolute Gasteiger partial charge is 0.349 e. The van der Waals surface area contributed by atoms with Gasteiger partial charge in [0, 0.05) is 4.90 Å². The van der Waals surface area contributed by atoms with Gasteiger partial charge in [-0.05, 0) is 19.1 Å². The number of carbonyl (C=O) groups excluding carboxylic acids is 1. The van der Waals surface area contributed by atoms with Crippen LogP contribution in [-0.2, 0) is 14.8 Å². The Balaban J connectivity index is 2.10. The molecule has 1 heterocycles. The first kappa shape index (κ1) is 19.8. The van der Waals surface area contributed by atoms with Crippen LogP contribution in [0.3, 0.4) is 0 Å². The highest BCUT2D eigenvalue weighted by Gasteiger charge is 2.24. The number of benzene rings is 1. The number of methoxy groups -OCH3 is 1. The molecule has 142 valence electrons. The molecule has 1 aliphatic heterocycles. The molecule has 2 rings (SSSR count). The van der Waals surface area contributed by atoms with Crippen LogP contribution in [0.1, 0.15) is 6.92 Å². The van der Waals surface area contributed by atoms with E-state index in [9.17, 15) is 22.0 Å². The van der Waals surface area contributed by atoms with E-state index in [4.69, 9.17) is 4.74 Å². The number of hydrogen-bond acceptors (Lipinski definition) is 8. The maximum absolute atomic E-state index is 12.6. The quantitative estimate of drug-likeness (QED) is 0.636. The maximum atomic E-state index is 12.6. The molecule has 0 saturated carbocycles. The van der Waals surface area contributed by atoms with Gasteiger partial charge in [0.2, 0.25) is 0 Å². The van der Waals surface area contributed by atoms with Crippen LogP contribution in [0, 0.1) is 0 Å². The zero-order chi connectivity index (χ0) is 19.3. The lowest BCUT2D eigenvalue weighted by molar-refractivity contribution is 0.186. The minimum absolute atomic E-state index is 0.0695. The van der Waals surface area contributed by atoms with E-state index >= 15 is 0 Å². The molecule has 2 amide bonds. The number of allylic oxidation sites excluding steroid dienone is 1. The van der Waals surface area contributed by atoms with Crippen molar-refractivity contribution in [2.24, 2.45) is 4.99 Å². The Hall–Kier alpha value is -2.54. The van der Waals surface area contributed by atoms with Crippen molar-refractivity contribution in [1.82, 2.24) is 20.7 Å². The van der Waals surface area contributed by atoms with E-state index in [1.807, 2.05) is 0 Å². The van der Waals surface area contributed by atoms with E-state index < -0.39 is 26.7 Å². The number of urea groups is 1. The van der Waals surface area contributed by atoms with Crippen molar-refractivity contribution in [2.75, 3.05) is 7.11 Å². The van der Waals surface area contributed by atoms with Gasteiger partial charge >= 0.3 is 12.1 Å². The van der Waals surface area contributed by atoms with Crippen LogP contribution in [0.15, 0.2) is 50.9 Å². The topological polar surface area (TPSA) is 112 Å². The molecule has 1 aromatic rings. The van der Waals surface area contributed by atoms with E-state index in [0.717, 1.165) is 11.2 Å². The van der Waals surface area contributed by atoms with Crippen molar-refractivity contribution in [2.45, 2.75) is 22.5 Å². The van der Waals surface area contributed by atoms with E-state index in [0.29, 0.717) is 5.70 Å². The fourth-order valence-corrected chi connectivity index (χ4v) is 3.86. The normalized spacial score (nSPS) is 14.3. The molecule has 0 atom stereocenters. The molecule has 3 N–H and O–H groups in total. The molecule has 9 nitrogen and oxygen atoms in total. The third-order valence-corrected chi connectivity index (χ3v) is 5.11. The molecule has 0 bridgehead atoms. The number of nitrogens with one attached hydrogen (secondary N) is 3. The van der Waals surface area contributed by atoms with Crippen molar-refractivity contribution in [3.8, 4) is 0 Å². The van der Waals surface area contributed by atoms with E-state index in [2.05, 4.69) is 15.8 Å². The first-order valence-electron chi connectivity index (χ1n) is 6.95. The molecule has 0 radical (unpaired) electrons. The zero-order valence-electron chi connectivity index (χ0n) is 13.6. The van der Waals surface area contributed by atoms with E-state index in [-0.39, 0.29) is 22.7 Å². The summed E-state index contributed by atoms with van der Waals surface area (Å²) < 4.78 is 56.5. The van der Waals surface area contributed by atoms with Crippen LogP contribution in [0.2, 0.25) is 0 Å². The molecule has 0 saturated heterocycles. The minimum atomic E-state index is -4.37. The minimum Gasteiger partial charge on any atom is -0.467 e. The Labute approximate surface area is 152 Å². The summed E-state index contributed by atoms with van der Waals surface area (Å²) in [6, 6.07) is 4.09. The predicted octanol–water partition coefficient (Wildman–Crippen LogP) is 1.59. The van der Waals surface area contributed by atoms with Gasteiger partial charge in [-0.1, -0.05) is 23.9 Å². The van der Waals surface area contributed by atoms with Crippen molar-refractivity contribution < 1.29 is 26.7 Å². The summed E-state index contributed by atoms with van der Waals surface area (Å²) in [6.07, 6.45) is 1.37. The summed E-state index contributed by atoms with van der Waals surface area (Å²) in [5.41, 5.74) is 5.22. The number of aliphatic imine (C=N–C) groups is 1. The third kappa shape index (κ3) is 5.23. The highest BCUT2D eigenvalue weighted by atomic mass is 32.2. The van der Waals surface area contributed by atoms with Crippen LogP contribution >= 0.6 is 11.8 Å². The summed E-state index contributed by atoms with van der Waals surface area (Å²) in [4.78, 5) is 15.3. The number of sulfonamides is 1. The Kier molecular flexibility index (Phi) is 6.26. The Bertz CT molecular complexity index is 845. The first-order chi connectivity index (χ1) is 12.2. The van der Waals surface area contributed by atoms with Gasteiger partial charge in [0.25, 0.3) is 15.8 Å². The lowest BCUT2D eigenvalue weighted by Crippen LogP contribution is -2.55. The lowest BCUT2D eigenvalue weighted by Gasteiger charge is -2.26. The zero-order valence-corrected chi connectivity index (χ0v) is 15.2. The van der Waals surface area contributed by atoms with Gasteiger partial charge in [-0.15, -0.1) is 0 Å². The standard InChI is InChI=1S/C13H15F2N5O4S2/c1-8-7-20(18-13(16-8)24-2)17-12(21)19-26(22,23)10-6-4-3-5-9(10)25-11(14)15/h3-7,11H,1-2H3,(H,16,18)(H2,17,19,21).